The molecule has 0 aliphatic carbocycles. The third-order valence-electron chi connectivity index (χ3n) is 3.28. The van der Waals surface area contributed by atoms with Crippen molar-refractivity contribution in [1.82, 2.24) is 5.32 Å². The van der Waals surface area contributed by atoms with Gasteiger partial charge in [-0.2, -0.15) is 0 Å². The van der Waals surface area contributed by atoms with Crippen LogP contribution in [0.4, 0.5) is 0 Å². The third-order valence-corrected chi connectivity index (χ3v) is 3.28. The Kier molecular flexibility index (Phi) is 3.95. The van der Waals surface area contributed by atoms with Crippen LogP contribution in [0.5, 0.6) is 11.5 Å². The smallest absolute Gasteiger partial charge is 0.237 e. The number of ether oxygens (including phenoxy) is 2. The predicted molar refractivity (Wildman–Crippen MR) is 71.9 cm³/mol. The van der Waals surface area contributed by atoms with E-state index in [4.69, 9.17) is 15.2 Å². The van der Waals surface area contributed by atoms with Crippen LogP contribution in [-0.2, 0) is 4.79 Å². The molecular weight excluding hydrogens is 244 g/mol. The first-order valence-corrected chi connectivity index (χ1v) is 6.44. The van der Waals surface area contributed by atoms with Crippen molar-refractivity contribution in [3.63, 3.8) is 0 Å². The van der Waals surface area contributed by atoms with Gasteiger partial charge in [0.15, 0.2) is 11.5 Å². The summed E-state index contributed by atoms with van der Waals surface area (Å²) in [4.78, 5) is 11.9. The molecule has 5 nitrogen and oxygen atoms in total. The molecule has 19 heavy (non-hydrogen) atoms. The summed E-state index contributed by atoms with van der Waals surface area (Å²) in [7, 11) is 0. The second-order valence-corrected chi connectivity index (χ2v) is 5.11. The van der Waals surface area contributed by atoms with E-state index in [0.717, 1.165) is 11.3 Å². The Morgan fingerprint density at radius 3 is 2.63 bits per heavy atom. The van der Waals surface area contributed by atoms with Crippen LogP contribution in [-0.4, -0.2) is 18.7 Å². The number of rotatable bonds is 4. The van der Waals surface area contributed by atoms with Crippen LogP contribution in [0, 0.1) is 5.92 Å². The second-order valence-electron chi connectivity index (χ2n) is 5.11. The van der Waals surface area contributed by atoms with E-state index < -0.39 is 6.04 Å². The van der Waals surface area contributed by atoms with Crippen LogP contribution in [0.25, 0.3) is 0 Å². The molecule has 1 aromatic rings. The van der Waals surface area contributed by atoms with Crippen molar-refractivity contribution in [2.24, 2.45) is 11.7 Å². The maximum Gasteiger partial charge on any atom is 0.237 e. The summed E-state index contributed by atoms with van der Waals surface area (Å²) in [6, 6.07) is 5.04. The molecule has 2 atom stereocenters. The molecular formula is C14H20N2O3. The van der Waals surface area contributed by atoms with Crippen molar-refractivity contribution in [2.45, 2.75) is 32.9 Å². The van der Waals surface area contributed by atoms with Crippen LogP contribution >= 0.6 is 0 Å². The topological polar surface area (TPSA) is 73.6 Å². The van der Waals surface area contributed by atoms with Crippen molar-refractivity contribution in [1.29, 1.82) is 0 Å². The zero-order valence-electron chi connectivity index (χ0n) is 11.5. The van der Waals surface area contributed by atoms with Crippen molar-refractivity contribution in [2.75, 3.05) is 6.79 Å². The number of nitrogens with two attached hydrogens (primary N) is 1. The van der Waals surface area contributed by atoms with Crippen LogP contribution in [0.2, 0.25) is 0 Å². The average Bonchev–Trinajstić information content (AvgIpc) is 2.84. The van der Waals surface area contributed by atoms with Gasteiger partial charge in [-0.3, -0.25) is 4.79 Å². The van der Waals surface area contributed by atoms with E-state index in [1.165, 1.54) is 0 Å². The molecule has 0 saturated heterocycles. The number of hydrogen-bond donors (Lipinski definition) is 2. The molecule has 2 unspecified atom stereocenters. The van der Waals surface area contributed by atoms with E-state index in [1.807, 2.05) is 39.0 Å². The van der Waals surface area contributed by atoms with Crippen molar-refractivity contribution < 1.29 is 14.3 Å². The quantitative estimate of drug-likeness (QED) is 0.866. The summed E-state index contributed by atoms with van der Waals surface area (Å²) in [5, 5.41) is 2.91. The van der Waals surface area contributed by atoms with Crippen LogP contribution in [0.3, 0.4) is 0 Å². The summed E-state index contributed by atoms with van der Waals surface area (Å²) in [6.07, 6.45) is 0. The van der Waals surface area contributed by atoms with Gasteiger partial charge in [0, 0.05) is 0 Å². The lowest BCUT2D eigenvalue weighted by Crippen LogP contribution is -2.44. The van der Waals surface area contributed by atoms with Crippen LogP contribution < -0.4 is 20.5 Å². The van der Waals surface area contributed by atoms with Gasteiger partial charge >= 0.3 is 0 Å². The third kappa shape index (κ3) is 2.98. The molecule has 1 aliphatic heterocycles. The van der Waals surface area contributed by atoms with Gasteiger partial charge in [-0.15, -0.1) is 0 Å². The van der Waals surface area contributed by atoms with Gasteiger partial charge in [0.25, 0.3) is 0 Å². The monoisotopic (exact) mass is 264 g/mol. The minimum Gasteiger partial charge on any atom is -0.454 e. The SMILES string of the molecule is CC(NC(=O)C(N)C(C)C)c1ccc2c(c1)OCO2. The van der Waals surface area contributed by atoms with Crippen molar-refractivity contribution in [3.05, 3.63) is 23.8 Å². The Labute approximate surface area is 113 Å². The lowest BCUT2D eigenvalue weighted by atomic mass is 10.0. The highest BCUT2D eigenvalue weighted by Crippen LogP contribution is 2.34. The lowest BCUT2D eigenvalue weighted by molar-refractivity contribution is -0.123. The maximum absolute atomic E-state index is 11.9. The Morgan fingerprint density at radius 2 is 1.95 bits per heavy atom. The zero-order chi connectivity index (χ0) is 14.0. The second kappa shape index (κ2) is 5.48. The van der Waals surface area contributed by atoms with Gasteiger partial charge in [-0.05, 0) is 30.5 Å². The molecule has 104 valence electrons. The highest BCUT2D eigenvalue weighted by Gasteiger charge is 2.21. The van der Waals surface area contributed by atoms with Gasteiger partial charge in [-0.25, -0.2) is 0 Å². The molecule has 1 amide bonds. The first-order valence-electron chi connectivity index (χ1n) is 6.44. The Balaban J connectivity index is 2.04. The van der Waals surface area contributed by atoms with Crippen LogP contribution in [0.15, 0.2) is 18.2 Å². The standard InChI is InChI=1S/C14H20N2O3/c1-8(2)13(15)14(17)16-9(3)10-4-5-11-12(6-10)19-7-18-11/h4-6,8-9,13H,7,15H2,1-3H3,(H,16,17). The summed E-state index contributed by atoms with van der Waals surface area (Å²) < 4.78 is 10.6. The summed E-state index contributed by atoms with van der Waals surface area (Å²) in [5.41, 5.74) is 6.79. The Bertz CT molecular complexity index is 474. The normalized spacial score (nSPS) is 16.3. The molecule has 0 bridgehead atoms. The van der Waals surface area contributed by atoms with E-state index in [2.05, 4.69) is 5.32 Å². The lowest BCUT2D eigenvalue weighted by Gasteiger charge is -2.20. The minimum atomic E-state index is -0.489. The molecule has 0 saturated carbocycles. The Hall–Kier alpha value is -1.75. The first-order chi connectivity index (χ1) is 8.99. The predicted octanol–water partition coefficient (Wildman–Crippen LogP) is 1.58. The number of carbonyl (C=O) groups is 1. The number of nitrogens with one attached hydrogen (secondary N) is 1. The molecule has 0 fully saturated rings. The Morgan fingerprint density at radius 1 is 1.26 bits per heavy atom. The molecule has 2 rings (SSSR count). The molecule has 0 radical (unpaired) electrons. The molecule has 3 N–H and O–H groups in total. The molecule has 1 aromatic carbocycles. The van der Waals surface area contributed by atoms with Gasteiger partial charge < -0.3 is 20.5 Å². The number of carbonyl (C=O) groups excluding carboxylic acids is 1. The van der Waals surface area contributed by atoms with E-state index in [1.54, 1.807) is 0 Å². The van der Waals surface area contributed by atoms with E-state index >= 15 is 0 Å². The maximum atomic E-state index is 11.9. The summed E-state index contributed by atoms with van der Waals surface area (Å²) in [5.74, 6) is 1.43. The van der Waals surface area contributed by atoms with Crippen molar-refractivity contribution in [3.8, 4) is 11.5 Å². The van der Waals surface area contributed by atoms with E-state index in [9.17, 15) is 4.79 Å². The molecule has 0 spiro atoms. The molecule has 0 aromatic heterocycles. The molecule has 1 aliphatic rings. The van der Waals surface area contributed by atoms with Gasteiger partial charge in [-0.1, -0.05) is 19.9 Å². The van der Waals surface area contributed by atoms with Crippen LogP contribution in [0.1, 0.15) is 32.4 Å². The summed E-state index contributed by atoms with van der Waals surface area (Å²) in [6.45, 7) is 6.02. The highest BCUT2D eigenvalue weighted by molar-refractivity contribution is 5.82. The van der Waals surface area contributed by atoms with Crippen molar-refractivity contribution >= 4 is 5.91 Å². The average molecular weight is 264 g/mol. The minimum absolute atomic E-state index is 0.115. The van der Waals surface area contributed by atoms with Gasteiger partial charge in [0.2, 0.25) is 12.7 Å². The largest absolute Gasteiger partial charge is 0.454 e. The number of fused-ring (bicyclic) bond motifs is 1. The van der Waals surface area contributed by atoms with Gasteiger partial charge in [0.1, 0.15) is 0 Å². The molecule has 5 heteroatoms. The van der Waals surface area contributed by atoms with E-state index in [0.29, 0.717) is 5.75 Å². The zero-order valence-corrected chi connectivity index (χ0v) is 11.5. The number of amides is 1. The fraction of sp³-hybridized carbons (Fsp3) is 0.500. The summed E-state index contributed by atoms with van der Waals surface area (Å²) >= 11 is 0. The fourth-order valence-corrected chi connectivity index (χ4v) is 1.88. The van der Waals surface area contributed by atoms with Gasteiger partial charge in [0.05, 0.1) is 12.1 Å². The number of benzene rings is 1. The number of hydrogen-bond acceptors (Lipinski definition) is 4. The van der Waals surface area contributed by atoms with E-state index in [-0.39, 0.29) is 24.7 Å². The first kappa shape index (κ1) is 13.7. The molecule has 1 heterocycles. The highest BCUT2D eigenvalue weighted by atomic mass is 16.7. The fourth-order valence-electron chi connectivity index (χ4n) is 1.88.